The molecule has 0 heterocycles. The summed E-state index contributed by atoms with van der Waals surface area (Å²) in [6, 6.07) is 22.8. The topological polar surface area (TPSA) is 215 Å². The summed E-state index contributed by atoms with van der Waals surface area (Å²) >= 11 is 3.97. The van der Waals surface area contributed by atoms with Gasteiger partial charge in [0, 0.05) is 5.75 Å². The van der Waals surface area contributed by atoms with Gasteiger partial charge < -0.3 is 29.4 Å². The summed E-state index contributed by atoms with van der Waals surface area (Å²) in [5, 5.41) is 12.0. The number of hydrogen-bond donors (Lipinski definition) is 3. The number of hydrogen-bond acceptors (Lipinski definition) is 13. The van der Waals surface area contributed by atoms with Crippen LogP contribution in [0.2, 0.25) is 0 Å². The number of amides is 7. The van der Waals surface area contributed by atoms with Crippen molar-refractivity contribution in [3.05, 3.63) is 108 Å². The Morgan fingerprint density at radius 1 is 0.625 bits per heavy atom. The van der Waals surface area contributed by atoms with E-state index in [-0.39, 0.29) is 27.9 Å². The van der Waals surface area contributed by atoms with Gasteiger partial charge in [-0.1, -0.05) is 91.0 Å². The van der Waals surface area contributed by atoms with Crippen LogP contribution in [0, 0.1) is 0 Å². The average molecular weight is 795 g/mol. The van der Waals surface area contributed by atoms with E-state index in [0.717, 1.165) is 0 Å². The fraction of sp³-hybridized carbons (Fsp3) is 0.316. The number of carbonyl (C=O) groups excluding carboxylic acids is 7. The molecular formula is C38H42N4O13S. The lowest BCUT2D eigenvalue weighted by molar-refractivity contribution is -0.149. The van der Waals surface area contributed by atoms with Gasteiger partial charge in [-0.25, -0.2) is 38.7 Å². The molecule has 0 spiro atoms. The van der Waals surface area contributed by atoms with E-state index in [0.29, 0.717) is 16.7 Å². The third-order valence-electron chi connectivity index (χ3n) is 7.26. The quantitative estimate of drug-likeness (QED) is 0.144. The highest BCUT2D eigenvalue weighted by Crippen LogP contribution is 2.13. The zero-order chi connectivity index (χ0) is 41.3. The second-order valence-electron chi connectivity index (χ2n) is 12.7. The zero-order valence-electron chi connectivity index (χ0n) is 30.8. The summed E-state index contributed by atoms with van der Waals surface area (Å²) in [7, 11) is 0. The van der Waals surface area contributed by atoms with Gasteiger partial charge in [0.15, 0.2) is 0 Å². The molecule has 0 saturated carbocycles. The van der Waals surface area contributed by atoms with Crippen LogP contribution in [0.1, 0.15) is 37.5 Å². The van der Waals surface area contributed by atoms with Crippen molar-refractivity contribution in [2.45, 2.75) is 52.2 Å². The fourth-order valence-electron chi connectivity index (χ4n) is 4.55. The molecule has 0 bridgehead atoms. The van der Waals surface area contributed by atoms with Gasteiger partial charge in [0.1, 0.15) is 51.1 Å². The Morgan fingerprint density at radius 2 is 1.02 bits per heavy atom. The van der Waals surface area contributed by atoms with E-state index in [1.807, 2.05) is 0 Å². The van der Waals surface area contributed by atoms with Crippen molar-refractivity contribution in [1.82, 2.24) is 20.0 Å². The van der Waals surface area contributed by atoms with E-state index in [1.54, 1.807) is 112 Å². The van der Waals surface area contributed by atoms with Gasteiger partial charge in [0.05, 0.1) is 0 Å². The molecule has 0 radical (unpaired) electrons. The molecular weight excluding hydrogens is 752 g/mol. The van der Waals surface area contributed by atoms with Gasteiger partial charge >= 0.3 is 30.3 Å². The van der Waals surface area contributed by atoms with Gasteiger partial charge in [-0.2, -0.15) is 12.6 Å². The molecule has 0 saturated heterocycles. The fourth-order valence-corrected chi connectivity index (χ4v) is 4.87. The number of imide groups is 3. The number of ether oxygens (including phenoxy) is 4. The highest BCUT2D eigenvalue weighted by molar-refractivity contribution is 7.80. The van der Waals surface area contributed by atoms with Gasteiger partial charge in [-0.3, -0.25) is 14.4 Å². The molecule has 18 heteroatoms. The summed E-state index contributed by atoms with van der Waals surface area (Å²) < 4.78 is 20.9. The van der Waals surface area contributed by atoms with Crippen molar-refractivity contribution < 1.29 is 62.4 Å². The molecule has 3 rings (SSSR count). The number of nitrogens with zero attached hydrogens (tertiary/aromatic N) is 3. The summed E-state index contributed by atoms with van der Waals surface area (Å²) in [6.45, 7) is 0.164. The molecule has 3 aromatic carbocycles. The SMILES string of the molecule is CC(C)(C)OC(=O)NCC(=O)N(CC(=O)N(CC(=O)N(C(=O)OCc1ccccc1)[C@@H](CS)C(=O)O)C(=O)OCc1ccccc1)C(=O)OCc1ccccc1. The number of carboxylic acid groups (broad SMARTS) is 1. The van der Waals surface area contributed by atoms with E-state index in [9.17, 15) is 43.5 Å². The van der Waals surface area contributed by atoms with Crippen LogP contribution < -0.4 is 5.32 Å². The van der Waals surface area contributed by atoms with Crippen molar-refractivity contribution in [1.29, 1.82) is 0 Å². The maximum atomic E-state index is 13.9. The monoisotopic (exact) mass is 794 g/mol. The molecule has 0 fully saturated rings. The van der Waals surface area contributed by atoms with Crippen LogP contribution in [-0.2, 0) is 57.9 Å². The van der Waals surface area contributed by atoms with Gasteiger partial charge in [0.2, 0.25) is 0 Å². The first-order valence-electron chi connectivity index (χ1n) is 16.9. The predicted octanol–water partition coefficient (Wildman–Crippen LogP) is 4.39. The van der Waals surface area contributed by atoms with Crippen LogP contribution in [0.15, 0.2) is 91.0 Å². The van der Waals surface area contributed by atoms with Crippen molar-refractivity contribution in [2.75, 3.05) is 25.4 Å². The number of benzene rings is 3. The Hall–Kier alpha value is -6.43. The van der Waals surface area contributed by atoms with Crippen molar-refractivity contribution in [2.24, 2.45) is 0 Å². The molecule has 0 aliphatic carbocycles. The summed E-state index contributed by atoms with van der Waals surface area (Å²) in [5.74, 6) is -6.24. The highest BCUT2D eigenvalue weighted by Gasteiger charge is 2.39. The minimum absolute atomic E-state index is 0.185. The van der Waals surface area contributed by atoms with E-state index in [1.165, 1.54) is 0 Å². The Labute approximate surface area is 327 Å². The maximum absolute atomic E-state index is 13.9. The lowest BCUT2D eigenvalue weighted by Crippen LogP contribution is -2.56. The minimum Gasteiger partial charge on any atom is -0.480 e. The van der Waals surface area contributed by atoms with Crippen LogP contribution in [0.3, 0.4) is 0 Å². The van der Waals surface area contributed by atoms with E-state index >= 15 is 0 Å². The first-order chi connectivity index (χ1) is 26.6. The zero-order valence-corrected chi connectivity index (χ0v) is 31.7. The molecule has 0 aliphatic rings. The van der Waals surface area contributed by atoms with Gasteiger partial charge in [0.25, 0.3) is 17.7 Å². The molecule has 0 aromatic heterocycles. The normalized spacial score (nSPS) is 11.2. The minimum atomic E-state index is -1.92. The Morgan fingerprint density at radius 3 is 1.41 bits per heavy atom. The first-order valence-corrected chi connectivity index (χ1v) is 17.6. The lowest BCUT2D eigenvalue weighted by atomic mass is 10.2. The second-order valence-corrected chi connectivity index (χ2v) is 13.1. The molecule has 1 atom stereocenters. The summed E-state index contributed by atoms with van der Waals surface area (Å²) in [6.07, 6.45) is -5.28. The van der Waals surface area contributed by atoms with Crippen LogP contribution in [0.25, 0.3) is 0 Å². The van der Waals surface area contributed by atoms with Crippen molar-refractivity contribution in [3.63, 3.8) is 0 Å². The second kappa shape index (κ2) is 21.5. The standard InChI is InChI=1S/C38H42N4O13S/c1-38(2,3)55-34(48)39-19-30(43)40(35(49)52-22-26-13-7-4-8-14-26)20-31(44)41(36(50)53-23-27-15-9-5-10-16-27)21-32(45)42(29(25-56)33(46)47)37(51)54-24-28-17-11-6-12-18-28/h4-18,29,56H,19-25H2,1-3H3,(H,39,48)(H,46,47)/t29-/m0/s1. The average Bonchev–Trinajstić information content (AvgIpc) is 3.17. The van der Waals surface area contributed by atoms with Crippen molar-refractivity contribution in [3.8, 4) is 0 Å². The Balaban J connectivity index is 1.93. The van der Waals surface area contributed by atoms with Crippen molar-refractivity contribution >= 4 is 60.7 Å². The van der Waals surface area contributed by atoms with Crippen LogP contribution in [-0.4, -0.2) is 105 Å². The number of rotatable bonds is 15. The van der Waals surface area contributed by atoms with E-state index in [4.69, 9.17) is 18.9 Å². The van der Waals surface area contributed by atoms with Crippen LogP contribution >= 0.6 is 12.6 Å². The van der Waals surface area contributed by atoms with Crippen LogP contribution in [0.5, 0.6) is 0 Å². The number of carbonyl (C=O) groups is 8. The van der Waals surface area contributed by atoms with Gasteiger partial charge in [-0.05, 0) is 37.5 Å². The largest absolute Gasteiger partial charge is 0.480 e. The molecule has 17 nitrogen and oxygen atoms in total. The third-order valence-corrected chi connectivity index (χ3v) is 7.61. The van der Waals surface area contributed by atoms with Crippen LogP contribution in [0.4, 0.5) is 19.2 Å². The molecule has 2 N–H and O–H groups in total. The smallest absolute Gasteiger partial charge is 0.417 e. The van der Waals surface area contributed by atoms with E-state index < -0.39 is 91.7 Å². The Bertz CT molecular complexity index is 1840. The summed E-state index contributed by atoms with van der Waals surface area (Å²) in [5.41, 5.74) is 0.539. The molecule has 298 valence electrons. The number of alkyl carbamates (subject to hydrolysis) is 1. The lowest BCUT2D eigenvalue weighted by Gasteiger charge is -2.29. The molecule has 0 aliphatic heterocycles. The number of carboxylic acids is 1. The first kappa shape index (κ1) is 44.0. The third kappa shape index (κ3) is 14.4. The Kier molecular flexibility index (Phi) is 16.8. The summed E-state index contributed by atoms with van der Waals surface area (Å²) in [4.78, 5) is 106. The number of aliphatic carboxylic acids is 1. The van der Waals surface area contributed by atoms with E-state index in [2.05, 4.69) is 17.9 Å². The molecule has 7 amide bonds. The molecule has 0 unspecified atom stereocenters. The number of thiol groups is 1. The molecule has 56 heavy (non-hydrogen) atoms. The van der Waals surface area contributed by atoms with Gasteiger partial charge in [-0.15, -0.1) is 0 Å². The molecule has 3 aromatic rings. The maximum Gasteiger partial charge on any atom is 0.417 e. The number of nitrogens with one attached hydrogen (secondary N) is 1. The predicted molar refractivity (Wildman–Crippen MR) is 200 cm³/mol. The highest BCUT2D eigenvalue weighted by atomic mass is 32.1.